The minimum atomic E-state index is -1.61. The zero-order chi connectivity index (χ0) is 32.3. The maximum atomic E-state index is 12.2. The number of esters is 1. The maximum absolute atomic E-state index is 12.2. The van der Waals surface area contributed by atoms with E-state index in [4.69, 9.17) is 25.7 Å². The average molecular weight is 622 g/mol. The molecule has 0 aromatic carbocycles. The minimum absolute atomic E-state index is 0.00164. The van der Waals surface area contributed by atoms with Gasteiger partial charge in [0.25, 0.3) is 5.91 Å². The fourth-order valence-electron chi connectivity index (χ4n) is 5.24. The molecule has 0 fully saturated rings. The molecule has 2 aromatic rings. The summed E-state index contributed by atoms with van der Waals surface area (Å²) in [6, 6.07) is 0. The Bertz CT molecular complexity index is 1130. The first kappa shape index (κ1) is 37.4. The molecular formula is C32H55N5O7. The third kappa shape index (κ3) is 12.7. The zero-order valence-electron chi connectivity index (χ0n) is 27.0. The molecule has 0 radical (unpaired) electrons. The number of nitrogens with zero attached hydrogens (tertiary/aromatic N) is 3. The fourth-order valence-corrected chi connectivity index (χ4v) is 5.24. The number of aromatic nitrogens is 3. The molecule has 0 aliphatic heterocycles. The van der Waals surface area contributed by atoms with Gasteiger partial charge in [-0.25, -0.2) is 9.97 Å². The Hall–Kier alpha value is -2.80. The number of carbonyl (C=O) groups excluding carboxylic acids is 2. The predicted octanol–water partition coefficient (Wildman–Crippen LogP) is 4.72. The number of aliphatic hydroxyl groups excluding tert-OH is 2. The number of nitrogen functional groups attached to an aromatic ring is 1. The molecule has 1 amide bonds. The summed E-state index contributed by atoms with van der Waals surface area (Å²) < 4.78 is 17.3. The van der Waals surface area contributed by atoms with Crippen molar-refractivity contribution in [2.45, 2.75) is 129 Å². The molecule has 0 aliphatic rings. The van der Waals surface area contributed by atoms with Crippen LogP contribution in [0.15, 0.2) is 6.20 Å². The molecule has 2 heterocycles. The Morgan fingerprint density at radius 2 is 1.48 bits per heavy atom. The summed E-state index contributed by atoms with van der Waals surface area (Å²) in [4.78, 5) is 32.5. The zero-order valence-corrected chi connectivity index (χ0v) is 27.0. The SMILES string of the molecule is CCCCCCCCCCCCCCCCOCCC(=O)OCC(OC)C(O)C(O)n1cc(C(N)=O)c2c(N)nc(C)nc21. The van der Waals surface area contributed by atoms with Gasteiger partial charge in [-0.3, -0.25) is 9.59 Å². The number of amides is 1. The van der Waals surface area contributed by atoms with E-state index >= 15 is 0 Å². The lowest BCUT2D eigenvalue weighted by molar-refractivity contribution is -0.158. The van der Waals surface area contributed by atoms with Crippen LogP contribution < -0.4 is 11.5 Å². The summed E-state index contributed by atoms with van der Waals surface area (Å²) in [5.41, 5.74) is 11.6. The number of rotatable bonds is 25. The highest BCUT2D eigenvalue weighted by Gasteiger charge is 2.31. The molecule has 0 spiro atoms. The van der Waals surface area contributed by atoms with Crippen molar-refractivity contribution in [3.05, 3.63) is 17.6 Å². The van der Waals surface area contributed by atoms with Gasteiger partial charge >= 0.3 is 5.97 Å². The number of aryl methyl sites for hydroxylation is 1. The van der Waals surface area contributed by atoms with E-state index in [0.29, 0.717) is 12.4 Å². The van der Waals surface area contributed by atoms with Gasteiger partial charge in [0.1, 0.15) is 36.1 Å². The summed E-state index contributed by atoms with van der Waals surface area (Å²) >= 11 is 0. The summed E-state index contributed by atoms with van der Waals surface area (Å²) in [5.74, 6) is -0.979. The molecule has 12 nitrogen and oxygen atoms in total. The van der Waals surface area contributed by atoms with E-state index in [2.05, 4.69) is 16.9 Å². The van der Waals surface area contributed by atoms with Crippen LogP contribution in [0.1, 0.15) is 126 Å². The van der Waals surface area contributed by atoms with Crippen LogP contribution in [0, 0.1) is 6.92 Å². The van der Waals surface area contributed by atoms with Gasteiger partial charge in [-0.1, -0.05) is 90.4 Å². The third-order valence-corrected chi connectivity index (χ3v) is 7.85. The van der Waals surface area contributed by atoms with Gasteiger partial charge in [-0.05, 0) is 13.3 Å². The van der Waals surface area contributed by atoms with Crippen LogP contribution >= 0.6 is 0 Å². The third-order valence-electron chi connectivity index (χ3n) is 7.85. The van der Waals surface area contributed by atoms with Crippen LogP contribution in [-0.2, 0) is 19.0 Å². The second-order valence-electron chi connectivity index (χ2n) is 11.5. The van der Waals surface area contributed by atoms with Crippen molar-refractivity contribution in [2.75, 3.05) is 32.7 Å². The molecule has 0 aliphatic carbocycles. The topological polar surface area (TPSA) is 185 Å². The van der Waals surface area contributed by atoms with E-state index < -0.39 is 30.3 Å². The number of anilines is 1. The van der Waals surface area contributed by atoms with Crippen LogP contribution in [-0.4, -0.2) is 75.8 Å². The number of ether oxygens (including phenoxy) is 3. The second kappa shape index (κ2) is 21.0. The lowest BCUT2D eigenvalue weighted by atomic mass is 10.0. The molecule has 3 atom stereocenters. The molecular weight excluding hydrogens is 566 g/mol. The van der Waals surface area contributed by atoms with Crippen molar-refractivity contribution in [3.8, 4) is 0 Å². The standard InChI is InChI=1S/C32H55N5O7/c1-4-5-6-7-8-9-10-11-12-13-14-15-16-17-19-43-20-18-26(38)44-22-25(42-3)28(39)32(41)37-21-24(30(34)40)27-29(33)35-23(2)36-31(27)37/h21,25,28,32,39,41H,4-20,22H2,1-3H3,(H2,34,40)(H2,33,35,36). The number of hydrogen-bond donors (Lipinski definition) is 4. The van der Waals surface area contributed by atoms with Crippen molar-refractivity contribution in [1.82, 2.24) is 14.5 Å². The van der Waals surface area contributed by atoms with E-state index in [1.54, 1.807) is 6.92 Å². The van der Waals surface area contributed by atoms with Crippen LogP contribution in [0.2, 0.25) is 0 Å². The van der Waals surface area contributed by atoms with Gasteiger partial charge < -0.3 is 40.5 Å². The van der Waals surface area contributed by atoms with E-state index in [1.165, 1.54) is 94.9 Å². The van der Waals surface area contributed by atoms with Crippen LogP contribution in [0.4, 0.5) is 5.82 Å². The highest BCUT2D eigenvalue weighted by Crippen LogP contribution is 2.28. The number of methoxy groups -OCH3 is 1. The van der Waals surface area contributed by atoms with Gasteiger partial charge in [0, 0.05) is 19.9 Å². The van der Waals surface area contributed by atoms with Crippen LogP contribution in [0.25, 0.3) is 11.0 Å². The Morgan fingerprint density at radius 1 is 0.909 bits per heavy atom. The summed E-state index contributed by atoms with van der Waals surface area (Å²) in [6.07, 6.45) is 15.2. The van der Waals surface area contributed by atoms with Crippen LogP contribution in [0.5, 0.6) is 0 Å². The lowest BCUT2D eigenvalue weighted by Crippen LogP contribution is -2.40. The Labute approximate surface area is 261 Å². The molecule has 0 saturated heterocycles. The quantitative estimate of drug-likeness (QED) is 0.0893. The number of primary amides is 1. The van der Waals surface area contributed by atoms with Gasteiger partial charge in [-0.15, -0.1) is 0 Å². The van der Waals surface area contributed by atoms with E-state index in [-0.39, 0.29) is 42.0 Å². The Morgan fingerprint density at radius 3 is 2.02 bits per heavy atom. The number of fused-ring (bicyclic) bond motifs is 1. The first-order chi connectivity index (χ1) is 21.2. The van der Waals surface area contributed by atoms with Gasteiger partial charge in [0.05, 0.1) is 24.0 Å². The number of unbranched alkanes of at least 4 members (excludes halogenated alkanes) is 13. The normalized spacial score (nSPS) is 13.7. The van der Waals surface area contributed by atoms with Crippen molar-refractivity contribution in [3.63, 3.8) is 0 Å². The molecule has 0 saturated carbocycles. The maximum Gasteiger partial charge on any atom is 0.308 e. The number of carbonyl (C=O) groups is 2. The van der Waals surface area contributed by atoms with Crippen molar-refractivity contribution in [1.29, 1.82) is 0 Å². The molecule has 2 aromatic heterocycles. The van der Waals surface area contributed by atoms with Gasteiger partial charge in [0.15, 0.2) is 6.23 Å². The molecule has 250 valence electrons. The molecule has 3 unspecified atom stereocenters. The lowest BCUT2D eigenvalue weighted by Gasteiger charge is -2.26. The van der Waals surface area contributed by atoms with Crippen LogP contribution in [0.3, 0.4) is 0 Å². The smallest absolute Gasteiger partial charge is 0.308 e. The molecule has 2 rings (SSSR count). The number of nitrogens with two attached hydrogens (primary N) is 2. The first-order valence-corrected chi connectivity index (χ1v) is 16.3. The molecule has 44 heavy (non-hydrogen) atoms. The minimum Gasteiger partial charge on any atom is -0.463 e. The monoisotopic (exact) mass is 621 g/mol. The highest BCUT2D eigenvalue weighted by atomic mass is 16.6. The Kier molecular flexibility index (Phi) is 17.9. The highest BCUT2D eigenvalue weighted by molar-refractivity contribution is 6.08. The van der Waals surface area contributed by atoms with Crippen molar-refractivity contribution >= 4 is 28.7 Å². The van der Waals surface area contributed by atoms with E-state index in [0.717, 1.165) is 12.8 Å². The second-order valence-corrected chi connectivity index (χ2v) is 11.5. The summed E-state index contributed by atoms with van der Waals surface area (Å²) in [6.45, 7) is 4.39. The predicted molar refractivity (Wildman–Crippen MR) is 170 cm³/mol. The van der Waals surface area contributed by atoms with Gasteiger partial charge in [-0.2, -0.15) is 0 Å². The average Bonchev–Trinajstić information content (AvgIpc) is 3.38. The Balaban J connectivity index is 1.61. The number of hydrogen-bond acceptors (Lipinski definition) is 10. The first-order valence-electron chi connectivity index (χ1n) is 16.3. The molecule has 12 heteroatoms. The van der Waals surface area contributed by atoms with Gasteiger partial charge in [0.2, 0.25) is 0 Å². The largest absolute Gasteiger partial charge is 0.463 e. The summed E-state index contributed by atoms with van der Waals surface area (Å²) in [5, 5.41) is 21.9. The van der Waals surface area contributed by atoms with Crippen molar-refractivity contribution in [2.24, 2.45) is 5.73 Å². The molecule has 6 N–H and O–H groups in total. The van der Waals surface area contributed by atoms with E-state index in [1.807, 2.05) is 0 Å². The van der Waals surface area contributed by atoms with Crippen molar-refractivity contribution < 1.29 is 34.0 Å². The van der Waals surface area contributed by atoms with E-state index in [9.17, 15) is 19.8 Å². The summed E-state index contributed by atoms with van der Waals surface area (Å²) in [7, 11) is 1.32. The molecule has 0 bridgehead atoms. The fraction of sp³-hybridized carbons (Fsp3) is 0.750. The number of aliphatic hydroxyl groups is 2.